The number of hydrogen-bond acceptors (Lipinski definition) is 3. The Bertz CT molecular complexity index is 402. The van der Waals surface area contributed by atoms with Crippen molar-refractivity contribution in [2.24, 2.45) is 11.7 Å². The van der Waals surface area contributed by atoms with E-state index in [0.29, 0.717) is 23.8 Å². The van der Waals surface area contributed by atoms with Crippen molar-refractivity contribution >= 4 is 21.7 Å². The SMILES string of the molecule is NCC(=O)c1cc(Br)ccc1OCC1CC1. The van der Waals surface area contributed by atoms with Gasteiger partial charge in [-0.3, -0.25) is 4.79 Å². The highest BCUT2D eigenvalue weighted by Gasteiger charge is 2.23. The molecule has 1 aromatic carbocycles. The standard InChI is InChI=1S/C12H14BrNO2/c13-9-3-4-12(16-7-8-1-2-8)10(5-9)11(15)6-14/h3-5,8H,1-2,6-7,14H2. The summed E-state index contributed by atoms with van der Waals surface area (Å²) in [4.78, 5) is 11.6. The first-order valence-corrected chi connectivity index (χ1v) is 6.15. The van der Waals surface area contributed by atoms with Gasteiger partial charge in [-0.05, 0) is 37.0 Å². The van der Waals surface area contributed by atoms with Crippen LogP contribution in [0.1, 0.15) is 23.2 Å². The molecular formula is C12H14BrNO2. The van der Waals surface area contributed by atoms with Gasteiger partial charge < -0.3 is 10.5 Å². The van der Waals surface area contributed by atoms with Crippen LogP contribution in [0.5, 0.6) is 5.75 Å². The Labute approximate surface area is 103 Å². The molecule has 0 aliphatic heterocycles. The fourth-order valence-corrected chi connectivity index (χ4v) is 1.81. The zero-order valence-electron chi connectivity index (χ0n) is 8.91. The van der Waals surface area contributed by atoms with Gasteiger partial charge in [0.25, 0.3) is 0 Å². The summed E-state index contributed by atoms with van der Waals surface area (Å²) in [5.41, 5.74) is 5.94. The topological polar surface area (TPSA) is 52.3 Å². The second-order valence-electron chi connectivity index (χ2n) is 4.02. The van der Waals surface area contributed by atoms with Gasteiger partial charge in [0.1, 0.15) is 5.75 Å². The highest BCUT2D eigenvalue weighted by molar-refractivity contribution is 9.10. The van der Waals surface area contributed by atoms with Gasteiger partial charge in [0.2, 0.25) is 0 Å². The van der Waals surface area contributed by atoms with Gasteiger partial charge in [0, 0.05) is 4.47 Å². The molecule has 86 valence electrons. The lowest BCUT2D eigenvalue weighted by Gasteiger charge is -2.10. The molecule has 1 saturated carbocycles. The van der Waals surface area contributed by atoms with Gasteiger partial charge in [0.15, 0.2) is 5.78 Å². The van der Waals surface area contributed by atoms with Crippen LogP contribution in [-0.2, 0) is 0 Å². The van der Waals surface area contributed by atoms with Crippen molar-refractivity contribution in [3.8, 4) is 5.75 Å². The molecule has 0 bridgehead atoms. The average Bonchev–Trinajstić information content (AvgIpc) is 3.10. The number of Topliss-reactive ketones (excluding diaryl/α,β-unsaturated/α-hetero) is 1. The minimum Gasteiger partial charge on any atom is -0.493 e. The Morgan fingerprint density at radius 3 is 2.88 bits per heavy atom. The molecule has 2 rings (SSSR count). The molecule has 0 heterocycles. The minimum atomic E-state index is -0.0907. The van der Waals surface area contributed by atoms with Crippen molar-refractivity contribution in [3.05, 3.63) is 28.2 Å². The Kier molecular flexibility index (Phi) is 3.61. The first-order valence-electron chi connectivity index (χ1n) is 5.36. The number of rotatable bonds is 5. The van der Waals surface area contributed by atoms with Gasteiger partial charge in [-0.1, -0.05) is 15.9 Å². The van der Waals surface area contributed by atoms with Crippen LogP contribution in [0.4, 0.5) is 0 Å². The van der Waals surface area contributed by atoms with Gasteiger partial charge in [-0.2, -0.15) is 0 Å². The minimum absolute atomic E-state index is 0.0102. The monoisotopic (exact) mass is 283 g/mol. The number of halogens is 1. The summed E-state index contributed by atoms with van der Waals surface area (Å²) in [7, 11) is 0. The molecule has 0 radical (unpaired) electrons. The van der Waals surface area contributed by atoms with E-state index in [9.17, 15) is 4.79 Å². The predicted molar refractivity (Wildman–Crippen MR) is 65.7 cm³/mol. The molecule has 1 aliphatic rings. The first kappa shape index (κ1) is 11.6. The molecule has 4 heteroatoms. The summed E-state index contributed by atoms with van der Waals surface area (Å²) in [5.74, 6) is 1.22. The van der Waals surface area contributed by atoms with E-state index < -0.39 is 0 Å². The maximum atomic E-state index is 11.6. The highest BCUT2D eigenvalue weighted by atomic mass is 79.9. The van der Waals surface area contributed by atoms with E-state index in [-0.39, 0.29) is 12.3 Å². The van der Waals surface area contributed by atoms with E-state index in [1.165, 1.54) is 12.8 Å². The maximum Gasteiger partial charge on any atom is 0.180 e. The summed E-state index contributed by atoms with van der Waals surface area (Å²) in [5, 5.41) is 0. The van der Waals surface area contributed by atoms with Crippen molar-refractivity contribution < 1.29 is 9.53 Å². The van der Waals surface area contributed by atoms with E-state index in [1.807, 2.05) is 12.1 Å². The second-order valence-corrected chi connectivity index (χ2v) is 4.94. The van der Waals surface area contributed by atoms with E-state index in [4.69, 9.17) is 10.5 Å². The molecule has 0 spiro atoms. The Morgan fingerprint density at radius 2 is 2.25 bits per heavy atom. The molecule has 0 aromatic heterocycles. The van der Waals surface area contributed by atoms with Crippen molar-refractivity contribution in [2.45, 2.75) is 12.8 Å². The van der Waals surface area contributed by atoms with Crippen LogP contribution in [0.3, 0.4) is 0 Å². The van der Waals surface area contributed by atoms with Crippen molar-refractivity contribution in [1.29, 1.82) is 0 Å². The quantitative estimate of drug-likeness (QED) is 0.845. The van der Waals surface area contributed by atoms with Crippen LogP contribution >= 0.6 is 15.9 Å². The fourth-order valence-electron chi connectivity index (χ4n) is 1.45. The average molecular weight is 284 g/mol. The van der Waals surface area contributed by atoms with Gasteiger partial charge in [-0.25, -0.2) is 0 Å². The number of nitrogens with two attached hydrogens (primary N) is 1. The van der Waals surface area contributed by atoms with Crippen LogP contribution < -0.4 is 10.5 Å². The number of hydrogen-bond donors (Lipinski definition) is 1. The van der Waals surface area contributed by atoms with Crippen molar-refractivity contribution in [3.63, 3.8) is 0 Å². The maximum absolute atomic E-state index is 11.6. The smallest absolute Gasteiger partial charge is 0.180 e. The summed E-state index contributed by atoms with van der Waals surface area (Å²) in [6.07, 6.45) is 2.47. The van der Waals surface area contributed by atoms with E-state index in [0.717, 1.165) is 4.47 Å². The number of benzene rings is 1. The van der Waals surface area contributed by atoms with Crippen molar-refractivity contribution in [1.82, 2.24) is 0 Å². The van der Waals surface area contributed by atoms with Gasteiger partial charge in [0.05, 0.1) is 18.7 Å². The number of carbonyl (C=O) groups is 1. The molecule has 16 heavy (non-hydrogen) atoms. The zero-order chi connectivity index (χ0) is 11.5. The van der Waals surface area contributed by atoms with Crippen LogP contribution in [0.15, 0.2) is 22.7 Å². The predicted octanol–water partition coefficient (Wildman–Crippen LogP) is 2.38. The molecule has 3 nitrogen and oxygen atoms in total. The van der Waals surface area contributed by atoms with E-state index in [1.54, 1.807) is 6.07 Å². The Balaban J connectivity index is 2.16. The lowest BCUT2D eigenvalue weighted by molar-refractivity contribution is 0.0997. The second kappa shape index (κ2) is 4.97. The summed E-state index contributed by atoms with van der Waals surface area (Å²) >= 11 is 3.34. The number of carbonyl (C=O) groups excluding carboxylic acids is 1. The third-order valence-electron chi connectivity index (χ3n) is 2.60. The third kappa shape index (κ3) is 2.83. The zero-order valence-corrected chi connectivity index (χ0v) is 10.5. The van der Waals surface area contributed by atoms with E-state index in [2.05, 4.69) is 15.9 Å². The van der Waals surface area contributed by atoms with Crippen LogP contribution in [0.2, 0.25) is 0 Å². The molecule has 1 aromatic rings. The van der Waals surface area contributed by atoms with Gasteiger partial charge >= 0.3 is 0 Å². The molecule has 0 amide bonds. The molecule has 0 saturated heterocycles. The van der Waals surface area contributed by atoms with Gasteiger partial charge in [-0.15, -0.1) is 0 Å². The highest BCUT2D eigenvalue weighted by Crippen LogP contribution is 2.31. The lowest BCUT2D eigenvalue weighted by atomic mass is 10.1. The molecule has 0 atom stereocenters. The molecule has 0 unspecified atom stereocenters. The Morgan fingerprint density at radius 1 is 1.50 bits per heavy atom. The lowest BCUT2D eigenvalue weighted by Crippen LogP contribution is -2.15. The molecule has 1 fully saturated rings. The summed E-state index contributed by atoms with van der Waals surface area (Å²) in [6, 6.07) is 5.45. The number of ketones is 1. The van der Waals surface area contributed by atoms with Crippen LogP contribution in [0, 0.1) is 5.92 Å². The molecule has 1 aliphatic carbocycles. The largest absolute Gasteiger partial charge is 0.493 e. The fraction of sp³-hybridized carbons (Fsp3) is 0.417. The molecule has 2 N–H and O–H groups in total. The van der Waals surface area contributed by atoms with Crippen LogP contribution in [-0.4, -0.2) is 18.9 Å². The number of ether oxygens (including phenoxy) is 1. The van der Waals surface area contributed by atoms with Crippen molar-refractivity contribution in [2.75, 3.05) is 13.2 Å². The molecular weight excluding hydrogens is 270 g/mol. The summed E-state index contributed by atoms with van der Waals surface area (Å²) in [6.45, 7) is 0.711. The van der Waals surface area contributed by atoms with Crippen LogP contribution in [0.25, 0.3) is 0 Å². The van der Waals surface area contributed by atoms with E-state index >= 15 is 0 Å². The Hall–Kier alpha value is -0.870. The normalized spacial score (nSPS) is 14.9. The summed E-state index contributed by atoms with van der Waals surface area (Å²) < 4.78 is 6.51. The third-order valence-corrected chi connectivity index (χ3v) is 3.09. The first-order chi connectivity index (χ1) is 7.70.